The molecule has 9 aromatic rings. The number of hydrogen-bond acceptors (Lipinski definition) is 21. The van der Waals surface area contributed by atoms with Crippen molar-refractivity contribution in [3.8, 4) is 71.5 Å². The molecule has 3 N–H and O–H groups in total. The Labute approximate surface area is 611 Å². The van der Waals surface area contributed by atoms with E-state index in [9.17, 15) is 22.0 Å². The number of ether oxygens (including phenoxy) is 9. The lowest BCUT2D eigenvalue weighted by Gasteiger charge is -2.44. The van der Waals surface area contributed by atoms with Crippen LogP contribution in [0.2, 0.25) is 0 Å². The van der Waals surface area contributed by atoms with E-state index in [0.717, 1.165) is 12.1 Å². The van der Waals surface area contributed by atoms with Gasteiger partial charge < -0.3 is 58.6 Å². The molecular formula is C76H69F11N12O9. The molecular weight excluding hydrogens is 1430 g/mol. The lowest BCUT2D eigenvalue weighted by molar-refractivity contribution is -0.170. The molecule has 1 unspecified atom stereocenters. The van der Waals surface area contributed by atoms with Gasteiger partial charge in [-0.3, -0.25) is 14.7 Å². The van der Waals surface area contributed by atoms with Gasteiger partial charge in [-0.1, -0.05) is 23.8 Å². The third kappa shape index (κ3) is 15.7. The first-order chi connectivity index (χ1) is 51.9. The smallest absolute Gasteiger partial charge is 0.296 e. The third-order valence-corrected chi connectivity index (χ3v) is 19.4. The van der Waals surface area contributed by atoms with Crippen molar-refractivity contribution in [2.24, 2.45) is 0 Å². The molecule has 6 fully saturated rings. The molecule has 564 valence electrons. The Bertz CT molecular complexity index is 4510. The Kier molecular flexibility index (Phi) is 22.1. The van der Waals surface area contributed by atoms with E-state index in [4.69, 9.17) is 61.9 Å². The number of hydrogen-bond donors (Lipinski definition) is 3. The molecule has 0 amide bonds. The lowest BCUT2D eigenvalue weighted by Crippen LogP contribution is -2.60. The first-order valence-electron chi connectivity index (χ1n) is 33.9. The molecule has 32 heteroatoms. The minimum atomic E-state index is -3.11. The SMILES string of the molecule is C#Cc1c(C)ccc(Nc2ncnc3cc(OC)c(O[C@H]4CCN(C5COC5)CC4(F)F)cc23)c1F.C#Cc1c(F)ccc(Nc2ncnc3cc(OC)c(OC4CCN(C5COC5)CC4(F)F)cc23)c1F.C#Cc1c(F)ccc(Nc2ncnc3cc(OC)c(O[C@@H]4CCN(C5COC5)CC4(F)F)cc23)c1F. The summed E-state index contributed by atoms with van der Waals surface area (Å²) in [4.78, 5) is 30.3. The van der Waals surface area contributed by atoms with E-state index in [1.54, 1.807) is 39.8 Å². The summed E-state index contributed by atoms with van der Waals surface area (Å²) in [7, 11) is 4.21. The monoisotopic (exact) mass is 1500 g/mol. The van der Waals surface area contributed by atoms with Gasteiger partial charge in [0, 0.05) is 73.3 Å². The molecule has 6 saturated heterocycles. The van der Waals surface area contributed by atoms with Crippen LogP contribution in [0.4, 0.5) is 82.8 Å². The summed E-state index contributed by atoms with van der Waals surface area (Å²) in [6.45, 7) is 4.58. The van der Waals surface area contributed by atoms with Gasteiger partial charge in [-0.2, -0.15) is 0 Å². The summed E-state index contributed by atoms with van der Waals surface area (Å²) in [6, 6.07) is 16.8. The summed E-state index contributed by atoms with van der Waals surface area (Å²) in [5, 5.41) is 9.67. The number of halogens is 11. The fourth-order valence-electron chi connectivity index (χ4n) is 13.1. The van der Waals surface area contributed by atoms with E-state index in [1.165, 1.54) is 82.8 Å². The highest BCUT2D eigenvalue weighted by atomic mass is 19.3. The number of fused-ring (bicyclic) bond motifs is 3. The highest BCUT2D eigenvalue weighted by Gasteiger charge is 2.52. The molecule has 15 rings (SSSR count). The van der Waals surface area contributed by atoms with Crippen LogP contribution in [0.15, 0.2) is 91.8 Å². The van der Waals surface area contributed by atoms with Crippen molar-refractivity contribution in [3.05, 3.63) is 143 Å². The van der Waals surface area contributed by atoms with E-state index in [2.05, 4.69) is 51.8 Å². The second kappa shape index (κ2) is 31.6. The summed E-state index contributed by atoms with van der Waals surface area (Å²) in [6.07, 6.45) is 15.9. The summed E-state index contributed by atoms with van der Waals surface area (Å²) < 4.78 is 211. The van der Waals surface area contributed by atoms with Gasteiger partial charge in [0.15, 0.2) is 70.3 Å². The standard InChI is InChI=1S/C26H25F3N4O3.2C25H22F4N4O3/c1-4-17-15(2)5-6-19(24(17)27)32-25-18-9-22(21(34-3)10-20(18)30-14-31-25)36-23-7-8-33(13-26(23,28)29)16-11-35-12-16;2*1-3-15-17(26)4-5-18(23(15)27)32-24-16-8-21(20(34-2)9-19(16)30-13-31-24)36-22-6-7-33(12-25(22,28)29)14-10-35-11-14/h1,5-6,9-10,14,16,23H,7-8,11-13H2,2-3H3,(H,30,31,32);2*1,4-5,8-9,13-14,22H,6-7,10-12H2,2H3,(H,30,31,32)/t23-;22-;/m01./s1. The van der Waals surface area contributed by atoms with Crippen LogP contribution in [-0.4, -0.2) is 199 Å². The maximum Gasteiger partial charge on any atom is 0.296 e. The Balaban J connectivity index is 0.000000143. The zero-order valence-electron chi connectivity index (χ0n) is 58.3. The van der Waals surface area contributed by atoms with E-state index in [0.29, 0.717) is 97.5 Å². The lowest BCUT2D eigenvalue weighted by atomic mass is 10.0. The summed E-state index contributed by atoms with van der Waals surface area (Å²) in [5.74, 6) is -5.72. The molecule has 21 nitrogen and oxygen atoms in total. The van der Waals surface area contributed by atoms with Gasteiger partial charge in [-0.15, -0.1) is 19.3 Å². The van der Waals surface area contributed by atoms with Gasteiger partial charge in [0.1, 0.15) is 48.1 Å². The molecule has 6 aliphatic rings. The van der Waals surface area contributed by atoms with Crippen molar-refractivity contribution in [3.63, 3.8) is 0 Å². The van der Waals surface area contributed by atoms with Crippen LogP contribution in [-0.2, 0) is 14.2 Å². The number of aryl methyl sites for hydroxylation is 1. The molecule has 0 radical (unpaired) electrons. The average Bonchev–Trinajstić information content (AvgIpc) is 0.781. The van der Waals surface area contributed by atoms with E-state index in [-0.39, 0.29) is 112 Å². The molecule has 0 bridgehead atoms. The fraction of sp³-hybridized carbons (Fsp3) is 0.368. The summed E-state index contributed by atoms with van der Waals surface area (Å²) in [5.41, 5.74) is 0.890. The van der Waals surface area contributed by atoms with Crippen molar-refractivity contribution < 1.29 is 90.9 Å². The molecule has 0 spiro atoms. The van der Waals surface area contributed by atoms with Crippen LogP contribution in [0.25, 0.3) is 32.7 Å². The van der Waals surface area contributed by atoms with Crippen molar-refractivity contribution in [2.45, 2.75) is 80.4 Å². The number of benzene rings is 6. The van der Waals surface area contributed by atoms with E-state index >= 15 is 26.3 Å². The van der Waals surface area contributed by atoms with Gasteiger partial charge in [0.25, 0.3) is 17.8 Å². The topological polar surface area (TPSA) is 206 Å². The number of nitrogens with zero attached hydrogens (tertiary/aromatic N) is 9. The van der Waals surface area contributed by atoms with Crippen molar-refractivity contribution in [2.75, 3.05) is 116 Å². The average molecular weight is 1500 g/mol. The number of alkyl halides is 6. The largest absolute Gasteiger partial charge is 0.493 e. The Hall–Kier alpha value is -10.8. The van der Waals surface area contributed by atoms with Gasteiger partial charge >= 0.3 is 0 Å². The van der Waals surface area contributed by atoms with Crippen LogP contribution >= 0.6 is 0 Å². The number of aromatic nitrogens is 6. The van der Waals surface area contributed by atoms with Crippen molar-refractivity contribution in [1.82, 2.24) is 44.6 Å². The second-order valence-corrected chi connectivity index (χ2v) is 26.2. The maximum absolute atomic E-state index is 15.0. The Morgan fingerprint density at radius 1 is 0.417 bits per heavy atom. The van der Waals surface area contributed by atoms with Gasteiger partial charge in [-0.25, -0.2) is 78.2 Å². The molecule has 3 aromatic heterocycles. The Morgan fingerprint density at radius 3 is 0.981 bits per heavy atom. The zero-order valence-corrected chi connectivity index (χ0v) is 58.3. The second-order valence-electron chi connectivity index (χ2n) is 26.2. The molecule has 6 aliphatic heterocycles. The number of piperidine rings is 3. The third-order valence-electron chi connectivity index (χ3n) is 19.4. The number of likely N-dealkylation sites (tertiary alicyclic amines) is 3. The quantitative estimate of drug-likeness (QED) is 0.0539. The number of rotatable bonds is 18. The number of anilines is 6. The number of nitrogens with one attached hydrogen (secondary N) is 3. The normalized spacial score (nSPS) is 19.9. The van der Waals surface area contributed by atoms with E-state index < -0.39 is 95.9 Å². The number of terminal acetylenes is 3. The van der Waals surface area contributed by atoms with E-state index in [1.807, 2.05) is 11.8 Å². The first-order valence-corrected chi connectivity index (χ1v) is 33.9. The predicted octanol–water partition coefficient (Wildman–Crippen LogP) is 12.6. The molecule has 3 atom stereocenters. The van der Waals surface area contributed by atoms with Gasteiger partial charge in [0.2, 0.25) is 0 Å². The first kappa shape index (κ1) is 75.4. The highest BCUT2D eigenvalue weighted by Crippen LogP contribution is 2.44. The van der Waals surface area contributed by atoms with Crippen molar-refractivity contribution in [1.29, 1.82) is 0 Å². The molecule has 0 aliphatic carbocycles. The summed E-state index contributed by atoms with van der Waals surface area (Å²) >= 11 is 0. The minimum absolute atomic E-state index is 0.000319. The van der Waals surface area contributed by atoms with Crippen LogP contribution in [0.3, 0.4) is 0 Å². The maximum atomic E-state index is 15.0. The molecule has 6 aromatic carbocycles. The zero-order chi connectivity index (χ0) is 76.3. The molecule has 108 heavy (non-hydrogen) atoms. The van der Waals surface area contributed by atoms with Gasteiger partial charge in [0.05, 0.1) is 149 Å². The van der Waals surface area contributed by atoms with Crippen molar-refractivity contribution >= 4 is 67.2 Å². The number of methoxy groups -OCH3 is 3. The van der Waals surface area contributed by atoms with Crippen LogP contribution in [0.5, 0.6) is 34.5 Å². The predicted molar refractivity (Wildman–Crippen MR) is 376 cm³/mol. The van der Waals surface area contributed by atoms with Gasteiger partial charge in [-0.05, 0) is 61.0 Å². The van der Waals surface area contributed by atoms with Crippen LogP contribution < -0.4 is 44.4 Å². The highest BCUT2D eigenvalue weighted by molar-refractivity contribution is 5.95. The Morgan fingerprint density at radius 2 is 0.713 bits per heavy atom. The fourth-order valence-corrected chi connectivity index (χ4v) is 13.1. The van der Waals surface area contributed by atoms with Crippen LogP contribution in [0.1, 0.15) is 41.5 Å². The molecule has 0 saturated carbocycles. The molecule has 9 heterocycles. The van der Waals surface area contributed by atoms with Crippen LogP contribution in [0, 0.1) is 73.0 Å². The minimum Gasteiger partial charge on any atom is -0.493 e.